The van der Waals surface area contributed by atoms with Gasteiger partial charge in [0.25, 0.3) is 0 Å². The number of esters is 1. The monoisotopic (exact) mass is 453 g/mol. The summed E-state index contributed by atoms with van der Waals surface area (Å²) < 4.78 is 17.1. The molecule has 3 aromatic rings. The van der Waals surface area contributed by atoms with Gasteiger partial charge >= 0.3 is 5.97 Å². The van der Waals surface area contributed by atoms with E-state index in [0.717, 1.165) is 53.0 Å². The lowest BCUT2D eigenvalue weighted by Gasteiger charge is -2.17. The summed E-state index contributed by atoms with van der Waals surface area (Å²) in [6.45, 7) is 2.58. The number of carbonyl (C=O) groups is 1. The van der Waals surface area contributed by atoms with E-state index < -0.39 is 0 Å². The summed E-state index contributed by atoms with van der Waals surface area (Å²) in [5, 5.41) is 9.76. The van der Waals surface area contributed by atoms with Crippen molar-refractivity contribution in [2.75, 3.05) is 13.7 Å². The van der Waals surface area contributed by atoms with Gasteiger partial charge in [0.05, 0.1) is 31.8 Å². The molecule has 34 heavy (non-hydrogen) atoms. The first-order valence-electron chi connectivity index (χ1n) is 11.7. The van der Waals surface area contributed by atoms with E-state index >= 15 is 0 Å². The molecule has 1 heterocycles. The van der Waals surface area contributed by atoms with Crippen LogP contribution in [0.2, 0.25) is 0 Å². The van der Waals surface area contributed by atoms with Gasteiger partial charge in [0.1, 0.15) is 17.6 Å². The Labute approximate surface area is 199 Å². The van der Waals surface area contributed by atoms with Gasteiger partial charge in [-0.25, -0.2) is 0 Å². The van der Waals surface area contributed by atoms with Gasteiger partial charge in [-0.15, -0.1) is 0 Å². The Bertz CT molecular complexity index is 1290. The number of nitrogens with zero attached hydrogens (tertiary/aromatic N) is 1. The highest BCUT2D eigenvalue weighted by atomic mass is 16.5. The zero-order chi connectivity index (χ0) is 23.7. The number of fused-ring (bicyclic) bond motifs is 2. The first-order chi connectivity index (χ1) is 16.6. The molecule has 0 fully saturated rings. The van der Waals surface area contributed by atoms with Gasteiger partial charge in [-0.1, -0.05) is 36.4 Å². The van der Waals surface area contributed by atoms with Crippen molar-refractivity contribution >= 4 is 5.97 Å². The van der Waals surface area contributed by atoms with E-state index in [0.29, 0.717) is 13.0 Å². The minimum Gasteiger partial charge on any atom is -0.492 e. The third-order valence-corrected chi connectivity index (χ3v) is 7.00. The summed E-state index contributed by atoms with van der Waals surface area (Å²) in [4.78, 5) is 11.7. The molecule has 5 rings (SSSR count). The highest BCUT2D eigenvalue weighted by molar-refractivity contribution is 5.71. The lowest BCUT2D eigenvalue weighted by atomic mass is 9.91. The van der Waals surface area contributed by atoms with Crippen LogP contribution in [0.25, 0.3) is 0 Å². The van der Waals surface area contributed by atoms with Crippen molar-refractivity contribution < 1.29 is 19.0 Å². The number of benzene rings is 3. The molecule has 0 bridgehead atoms. The molecule has 0 N–H and O–H groups in total. The SMILES string of the molecule is COC(=O)C[C@@H]1COc2cc(O[C@@H]3CCc4c3ccc(C#N)c4Cc3ccccc3C)ccc21. The predicted octanol–water partition coefficient (Wildman–Crippen LogP) is 5.56. The molecule has 2 aliphatic rings. The zero-order valence-corrected chi connectivity index (χ0v) is 19.5. The second-order valence-electron chi connectivity index (χ2n) is 9.01. The van der Waals surface area contributed by atoms with Gasteiger partial charge < -0.3 is 14.2 Å². The largest absolute Gasteiger partial charge is 0.492 e. The predicted molar refractivity (Wildman–Crippen MR) is 128 cm³/mol. The summed E-state index contributed by atoms with van der Waals surface area (Å²) in [7, 11) is 1.40. The average molecular weight is 454 g/mol. The quantitative estimate of drug-likeness (QED) is 0.457. The molecule has 2 atom stereocenters. The molecule has 0 saturated heterocycles. The van der Waals surface area contributed by atoms with Gasteiger partial charge in [0.2, 0.25) is 0 Å². The van der Waals surface area contributed by atoms with Crippen molar-refractivity contribution in [1.82, 2.24) is 0 Å². The second kappa shape index (κ2) is 9.23. The molecule has 0 saturated carbocycles. The van der Waals surface area contributed by atoms with Gasteiger partial charge in [-0.3, -0.25) is 4.79 Å². The molecule has 5 heteroatoms. The van der Waals surface area contributed by atoms with Gasteiger partial charge in [-0.05, 0) is 66.1 Å². The minimum absolute atomic E-state index is 0.0112. The van der Waals surface area contributed by atoms with Crippen LogP contribution in [-0.4, -0.2) is 19.7 Å². The Kier molecular flexibility index (Phi) is 5.98. The first kappa shape index (κ1) is 22.0. The van der Waals surface area contributed by atoms with Gasteiger partial charge in [0, 0.05) is 17.5 Å². The minimum atomic E-state index is -0.234. The van der Waals surface area contributed by atoms with E-state index in [1.807, 2.05) is 36.4 Å². The summed E-state index contributed by atoms with van der Waals surface area (Å²) in [5.41, 5.74) is 7.75. The number of rotatable bonds is 6. The van der Waals surface area contributed by atoms with Crippen LogP contribution >= 0.6 is 0 Å². The van der Waals surface area contributed by atoms with Gasteiger partial charge in [-0.2, -0.15) is 5.26 Å². The number of hydrogen-bond acceptors (Lipinski definition) is 5. The lowest BCUT2D eigenvalue weighted by molar-refractivity contribution is -0.141. The maximum Gasteiger partial charge on any atom is 0.306 e. The molecule has 0 amide bonds. The van der Waals surface area contributed by atoms with E-state index in [-0.39, 0.29) is 18.0 Å². The number of methoxy groups -OCH3 is 1. The van der Waals surface area contributed by atoms with Crippen molar-refractivity contribution in [2.45, 2.75) is 44.6 Å². The molecule has 0 aromatic heterocycles. The Balaban J connectivity index is 1.38. The maximum absolute atomic E-state index is 11.7. The summed E-state index contributed by atoms with van der Waals surface area (Å²) in [5.74, 6) is 1.30. The van der Waals surface area contributed by atoms with Crippen molar-refractivity contribution in [1.29, 1.82) is 5.26 Å². The lowest BCUT2D eigenvalue weighted by Crippen LogP contribution is -2.09. The van der Waals surface area contributed by atoms with Crippen molar-refractivity contribution in [3.63, 3.8) is 0 Å². The van der Waals surface area contributed by atoms with Crippen LogP contribution < -0.4 is 9.47 Å². The fourth-order valence-electron chi connectivity index (χ4n) is 5.11. The third kappa shape index (κ3) is 4.12. The number of hydrogen-bond donors (Lipinski definition) is 0. The summed E-state index contributed by atoms with van der Waals surface area (Å²) >= 11 is 0. The molecule has 1 aliphatic carbocycles. The summed E-state index contributed by atoms with van der Waals surface area (Å²) in [6.07, 6.45) is 2.75. The normalized spacial score (nSPS) is 17.9. The van der Waals surface area contributed by atoms with Crippen LogP contribution in [0.15, 0.2) is 54.6 Å². The van der Waals surface area contributed by atoms with E-state index in [4.69, 9.17) is 14.2 Å². The Hall–Kier alpha value is -3.78. The fraction of sp³-hybridized carbons (Fsp3) is 0.310. The van der Waals surface area contributed by atoms with Gasteiger partial charge in [0.15, 0.2) is 0 Å². The van der Waals surface area contributed by atoms with E-state index in [2.05, 4.69) is 31.2 Å². The van der Waals surface area contributed by atoms with Crippen LogP contribution in [-0.2, 0) is 22.4 Å². The highest BCUT2D eigenvalue weighted by Crippen LogP contribution is 2.42. The van der Waals surface area contributed by atoms with E-state index in [9.17, 15) is 10.1 Å². The van der Waals surface area contributed by atoms with E-state index in [1.54, 1.807) is 0 Å². The molecular formula is C29H27NO4. The Morgan fingerprint density at radius 2 is 1.97 bits per heavy atom. The van der Waals surface area contributed by atoms with Crippen LogP contribution in [0.3, 0.4) is 0 Å². The van der Waals surface area contributed by atoms with Crippen molar-refractivity contribution in [2.24, 2.45) is 0 Å². The van der Waals surface area contributed by atoms with Crippen molar-refractivity contribution in [3.8, 4) is 17.6 Å². The number of nitriles is 1. The third-order valence-electron chi connectivity index (χ3n) is 7.00. The Morgan fingerprint density at radius 1 is 1.15 bits per heavy atom. The zero-order valence-electron chi connectivity index (χ0n) is 19.5. The van der Waals surface area contributed by atoms with Crippen LogP contribution in [0.1, 0.15) is 63.8 Å². The average Bonchev–Trinajstić information content (AvgIpc) is 3.44. The second-order valence-corrected chi connectivity index (χ2v) is 9.01. The molecule has 0 unspecified atom stereocenters. The molecule has 5 nitrogen and oxygen atoms in total. The highest BCUT2D eigenvalue weighted by Gasteiger charge is 2.30. The molecule has 0 radical (unpaired) electrons. The molecule has 0 spiro atoms. The number of ether oxygens (including phenoxy) is 3. The molecule has 172 valence electrons. The van der Waals surface area contributed by atoms with E-state index in [1.165, 1.54) is 23.8 Å². The van der Waals surface area contributed by atoms with Crippen LogP contribution in [0, 0.1) is 18.3 Å². The van der Waals surface area contributed by atoms with Crippen LogP contribution in [0.4, 0.5) is 0 Å². The maximum atomic E-state index is 11.7. The Morgan fingerprint density at radius 3 is 2.76 bits per heavy atom. The number of aryl methyl sites for hydroxylation is 1. The first-order valence-corrected chi connectivity index (χ1v) is 11.7. The topological polar surface area (TPSA) is 68.6 Å². The molecular weight excluding hydrogens is 426 g/mol. The van der Waals surface area contributed by atoms with Crippen molar-refractivity contribution in [3.05, 3.63) is 93.5 Å². The molecule has 1 aliphatic heterocycles. The standard InChI is InChI=1S/C29H27NO4/c1-18-5-3-4-6-19(18)13-26-20(16-30)7-9-25-24(26)11-12-27(25)34-22-8-10-23-21(14-29(31)32-2)17-33-28(23)15-22/h3-10,15,21,27H,11-14,17H2,1-2H3/t21-,27-/m1/s1. The molecule has 3 aromatic carbocycles. The summed E-state index contributed by atoms with van der Waals surface area (Å²) in [6, 6.07) is 20.6. The smallest absolute Gasteiger partial charge is 0.306 e. The van der Waals surface area contributed by atoms with Crippen LogP contribution in [0.5, 0.6) is 11.5 Å². The number of carbonyl (C=O) groups excluding carboxylic acids is 1. The fourth-order valence-corrected chi connectivity index (χ4v) is 5.11.